The molecule has 3 rings (SSSR count). The fraction of sp³-hybridized carbons (Fsp3) is 0.250. The van der Waals surface area contributed by atoms with E-state index in [9.17, 15) is 13.2 Å². The Balaban J connectivity index is 1.59. The van der Waals surface area contributed by atoms with Gasteiger partial charge in [0.15, 0.2) is 0 Å². The normalized spacial score (nSPS) is 11.8. The van der Waals surface area contributed by atoms with Gasteiger partial charge in [0.2, 0.25) is 10.0 Å². The van der Waals surface area contributed by atoms with Crippen LogP contribution in [-0.4, -0.2) is 49.5 Å². The average Bonchev–Trinajstić information content (AvgIpc) is 3.07. The molecule has 0 bridgehead atoms. The van der Waals surface area contributed by atoms with Crippen molar-refractivity contribution >= 4 is 26.8 Å². The van der Waals surface area contributed by atoms with E-state index in [4.69, 9.17) is 0 Å². The number of nitrogens with zero attached hydrogens (tertiary/aromatic N) is 1. The summed E-state index contributed by atoms with van der Waals surface area (Å²) in [6.07, 6.45) is 3.72. The van der Waals surface area contributed by atoms with E-state index in [1.807, 2.05) is 36.5 Å². The molecule has 0 aliphatic carbocycles. The van der Waals surface area contributed by atoms with Crippen molar-refractivity contribution in [3.05, 3.63) is 71.9 Å². The molecule has 1 aromatic heterocycles. The number of hydrogen-bond donors (Lipinski definition) is 2. The third-order valence-electron chi connectivity index (χ3n) is 4.46. The van der Waals surface area contributed by atoms with E-state index in [2.05, 4.69) is 10.3 Å². The van der Waals surface area contributed by atoms with E-state index in [0.717, 1.165) is 16.5 Å². The highest BCUT2D eigenvalue weighted by Crippen LogP contribution is 2.18. The Hall–Kier alpha value is -2.64. The van der Waals surface area contributed by atoms with Gasteiger partial charge in [0.25, 0.3) is 5.91 Å². The molecule has 6 nitrogen and oxygen atoms in total. The first-order chi connectivity index (χ1) is 12.9. The number of sulfonamides is 1. The summed E-state index contributed by atoms with van der Waals surface area (Å²) in [4.78, 5) is 15.3. The predicted octanol–water partition coefficient (Wildman–Crippen LogP) is 2.40. The Kier molecular flexibility index (Phi) is 5.93. The molecule has 0 saturated carbocycles. The second-order valence-corrected chi connectivity index (χ2v) is 8.38. The Morgan fingerprint density at radius 3 is 2.48 bits per heavy atom. The van der Waals surface area contributed by atoms with Crippen LogP contribution in [0, 0.1) is 0 Å². The van der Waals surface area contributed by atoms with Crippen LogP contribution < -0.4 is 5.32 Å². The standard InChI is InChI=1S/C20H23N3O3S/c1-27(25,26)23(14-12-21-20(24)16-7-3-2-4-8-16)13-11-17-15-22-19-10-6-5-9-18(17)19/h2-10,15,22H,11-14H2,1H3,(H,21,24). The molecule has 3 aromatic rings. The fourth-order valence-corrected chi connectivity index (χ4v) is 3.86. The average molecular weight is 385 g/mol. The molecule has 0 spiro atoms. The molecule has 0 fully saturated rings. The Labute approximate surface area is 159 Å². The number of fused-ring (bicyclic) bond motifs is 1. The summed E-state index contributed by atoms with van der Waals surface area (Å²) < 4.78 is 25.6. The smallest absolute Gasteiger partial charge is 0.251 e. The first-order valence-corrected chi connectivity index (χ1v) is 10.6. The minimum Gasteiger partial charge on any atom is -0.361 e. The number of rotatable bonds is 8. The second-order valence-electron chi connectivity index (χ2n) is 6.39. The van der Waals surface area contributed by atoms with E-state index in [0.29, 0.717) is 18.5 Å². The number of nitrogens with one attached hydrogen (secondary N) is 2. The van der Waals surface area contributed by atoms with Gasteiger partial charge in [-0.05, 0) is 30.2 Å². The van der Waals surface area contributed by atoms with E-state index >= 15 is 0 Å². The van der Waals surface area contributed by atoms with Gasteiger partial charge < -0.3 is 10.3 Å². The molecule has 0 saturated heterocycles. The summed E-state index contributed by atoms with van der Waals surface area (Å²) in [6.45, 7) is 0.857. The minimum absolute atomic E-state index is 0.208. The molecule has 142 valence electrons. The van der Waals surface area contributed by atoms with Gasteiger partial charge in [0.1, 0.15) is 0 Å². The van der Waals surface area contributed by atoms with E-state index in [-0.39, 0.29) is 19.0 Å². The van der Waals surface area contributed by atoms with Crippen LogP contribution in [0.2, 0.25) is 0 Å². The maximum atomic E-state index is 12.1. The number of benzene rings is 2. The van der Waals surface area contributed by atoms with Crippen LogP contribution in [0.4, 0.5) is 0 Å². The van der Waals surface area contributed by atoms with Gasteiger partial charge in [-0.2, -0.15) is 0 Å². The van der Waals surface area contributed by atoms with Crippen molar-refractivity contribution in [2.75, 3.05) is 25.9 Å². The number of amides is 1. The van der Waals surface area contributed by atoms with Crippen molar-refractivity contribution in [1.29, 1.82) is 0 Å². The van der Waals surface area contributed by atoms with E-state index < -0.39 is 10.0 Å². The van der Waals surface area contributed by atoms with Crippen LogP contribution in [-0.2, 0) is 16.4 Å². The zero-order valence-corrected chi connectivity index (χ0v) is 16.0. The van der Waals surface area contributed by atoms with Crippen molar-refractivity contribution in [1.82, 2.24) is 14.6 Å². The van der Waals surface area contributed by atoms with Gasteiger partial charge in [-0.25, -0.2) is 12.7 Å². The molecule has 2 N–H and O–H groups in total. The predicted molar refractivity (Wildman–Crippen MR) is 107 cm³/mol. The Morgan fingerprint density at radius 1 is 1.04 bits per heavy atom. The molecule has 1 amide bonds. The molecule has 7 heteroatoms. The van der Waals surface area contributed by atoms with Crippen molar-refractivity contribution in [2.45, 2.75) is 6.42 Å². The van der Waals surface area contributed by atoms with E-state index in [1.54, 1.807) is 24.3 Å². The van der Waals surface area contributed by atoms with Gasteiger partial charge in [-0.3, -0.25) is 4.79 Å². The van der Waals surface area contributed by atoms with Crippen LogP contribution >= 0.6 is 0 Å². The zero-order valence-electron chi connectivity index (χ0n) is 15.2. The number of carbonyl (C=O) groups is 1. The molecule has 0 unspecified atom stereocenters. The van der Waals surface area contributed by atoms with Crippen LogP contribution in [0.5, 0.6) is 0 Å². The summed E-state index contributed by atoms with van der Waals surface area (Å²) in [5.41, 5.74) is 2.67. The van der Waals surface area contributed by atoms with Crippen LogP contribution in [0.15, 0.2) is 60.8 Å². The lowest BCUT2D eigenvalue weighted by molar-refractivity contribution is 0.0951. The maximum absolute atomic E-state index is 12.1. The number of carbonyl (C=O) groups excluding carboxylic acids is 1. The molecule has 0 atom stereocenters. The second kappa shape index (κ2) is 8.37. The summed E-state index contributed by atoms with van der Waals surface area (Å²) in [5.74, 6) is -0.208. The third-order valence-corrected chi connectivity index (χ3v) is 5.76. The lowest BCUT2D eigenvalue weighted by atomic mass is 10.1. The first kappa shape index (κ1) is 19.1. The highest BCUT2D eigenvalue weighted by molar-refractivity contribution is 7.88. The minimum atomic E-state index is -3.36. The molecular weight excluding hydrogens is 362 g/mol. The van der Waals surface area contributed by atoms with Crippen LogP contribution in [0.25, 0.3) is 10.9 Å². The molecule has 1 heterocycles. The highest BCUT2D eigenvalue weighted by atomic mass is 32.2. The fourth-order valence-electron chi connectivity index (χ4n) is 3.01. The van der Waals surface area contributed by atoms with Gasteiger partial charge in [-0.1, -0.05) is 36.4 Å². The maximum Gasteiger partial charge on any atom is 0.251 e. The van der Waals surface area contributed by atoms with Crippen LogP contribution in [0.1, 0.15) is 15.9 Å². The third kappa shape index (κ3) is 4.96. The van der Waals surface area contributed by atoms with Crippen molar-refractivity contribution in [3.8, 4) is 0 Å². The zero-order chi connectivity index (χ0) is 19.3. The van der Waals surface area contributed by atoms with Gasteiger partial charge in [0, 0.05) is 42.3 Å². The van der Waals surface area contributed by atoms with E-state index in [1.165, 1.54) is 10.6 Å². The summed E-state index contributed by atoms with van der Waals surface area (Å²) >= 11 is 0. The molecular formula is C20H23N3O3S. The van der Waals surface area contributed by atoms with Gasteiger partial charge >= 0.3 is 0 Å². The molecule has 0 aliphatic heterocycles. The van der Waals surface area contributed by atoms with Crippen molar-refractivity contribution < 1.29 is 13.2 Å². The first-order valence-electron chi connectivity index (χ1n) is 8.78. The molecule has 27 heavy (non-hydrogen) atoms. The van der Waals surface area contributed by atoms with Crippen LogP contribution in [0.3, 0.4) is 0 Å². The summed E-state index contributed by atoms with van der Waals surface area (Å²) in [7, 11) is -3.36. The molecule has 2 aromatic carbocycles. The number of hydrogen-bond acceptors (Lipinski definition) is 3. The highest BCUT2D eigenvalue weighted by Gasteiger charge is 2.17. The SMILES string of the molecule is CS(=O)(=O)N(CCNC(=O)c1ccccc1)CCc1c[nH]c2ccccc12. The summed E-state index contributed by atoms with van der Waals surface area (Å²) in [6, 6.07) is 16.8. The van der Waals surface area contributed by atoms with Crippen molar-refractivity contribution in [3.63, 3.8) is 0 Å². The molecule has 0 aliphatic rings. The van der Waals surface area contributed by atoms with Gasteiger partial charge in [-0.15, -0.1) is 0 Å². The largest absolute Gasteiger partial charge is 0.361 e. The van der Waals surface area contributed by atoms with Crippen molar-refractivity contribution in [2.24, 2.45) is 0 Å². The topological polar surface area (TPSA) is 82.3 Å². The Bertz CT molecular complexity index is 1010. The Morgan fingerprint density at radius 2 is 1.74 bits per heavy atom. The monoisotopic (exact) mass is 385 g/mol. The number of para-hydroxylation sites is 1. The number of aromatic amines is 1. The lowest BCUT2D eigenvalue weighted by Crippen LogP contribution is -2.39. The number of aromatic nitrogens is 1. The number of H-pyrrole nitrogens is 1. The summed E-state index contributed by atoms with van der Waals surface area (Å²) in [5, 5.41) is 3.87. The lowest BCUT2D eigenvalue weighted by Gasteiger charge is -2.20. The quantitative estimate of drug-likeness (QED) is 0.625. The molecule has 0 radical (unpaired) electrons. The van der Waals surface area contributed by atoms with Gasteiger partial charge in [0.05, 0.1) is 6.26 Å².